The Morgan fingerprint density at radius 3 is 2.29 bits per heavy atom. The van der Waals surface area contributed by atoms with Gasteiger partial charge in [-0.25, -0.2) is 4.39 Å². The summed E-state index contributed by atoms with van der Waals surface area (Å²) in [7, 11) is 0. The highest BCUT2D eigenvalue weighted by Gasteiger charge is 2.21. The third-order valence-electron chi connectivity index (χ3n) is 3.64. The van der Waals surface area contributed by atoms with Crippen LogP contribution < -0.4 is 15.4 Å². The van der Waals surface area contributed by atoms with Crippen LogP contribution in [-0.2, 0) is 0 Å². The van der Waals surface area contributed by atoms with Crippen molar-refractivity contribution >= 4 is 11.4 Å². The largest absolute Gasteiger partial charge is 0.491 e. The number of rotatable bonds is 8. The monoisotopic (exact) mass is 296 g/mol. The second-order valence-corrected chi connectivity index (χ2v) is 5.79. The van der Waals surface area contributed by atoms with Crippen molar-refractivity contribution in [2.24, 2.45) is 5.92 Å². The Hall–Kier alpha value is -1.45. The first kappa shape index (κ1) is 17.6. The number of benzene rings is 1. The Morgan fingerprint density at radius 1 is 1.19 bits per heavy atom. The van der Waals surface area contributed by atoms with Gasteiger partial charge in [-0.2, -0.15) is 0 Å². The molecule has 21 heavy (non-hydrogen) atoms. The predicted octanol–water partition coefficient (Wildman–Crippen LogP) is 4.46. The van der Waals surface area contributed by atoms with Gasteiger partial charge in [0, 0.05) is 24.7 Å². The predicted molar refractivity (Wildman–Crippen MR) is 88.5 cm³/mol. The quantitative estimate of drug-likeness (QED) is 0.720. The van der Waals surface area contributed by atoms with Crippen molar-refractivity contribution in [1.82, 2.24) is 0 Å². The molecular formula is C17H29FN2O. The van der Waals surface area contributed by atoms with E-state index in [4.69, 9.17) is 10.5 Å². The molecule has 0 aliphatic carbocycles. The molecule has 1 aromatic carbocycles. The Labute approximate surface area is 128 Å². The van der Waals surface area contributed by atoms with Gasteiger partial charge in [-0.15, -0.1) is 0 Å². The zero-order valence-corrected chi connectivity index (χ0v) is 13.9. The first-order chi connectivity index (χ1) is 9.94. The molecule has 1 rings (SSSR count). The first-order valence-corrected chi connectivity index (χ1v) is 7.92. The van der Waals surface area contributed by atoms with Gasteiger partial charge in [-0.05, 0) is 25.7 Å². The highest BCUT2D eigenvalue weighted by Crippen LogP contribution is 2.33. The summed E-state index contributed by atoms with van der Waals surface area (Å²) in [6.07, 6.45) is 2.06. The standard InChI is InChI=1S/C17H29FN2O/c1-6-13(7-2)20(11-12(4)5)16-10-17(21-8-3)14(18)9-15(16)19/h9-10,12-13H,6-8,11,19H2,1-5H3. The van der Waals surface area contributed by atoms with E-state index < -0.39 is 5.82 Å². The lowest BCUT2D eigenvalue weighted by atomic mass is 10.1. The summed E-state index contributed by atoms with van der Waals surface area (Å²) in [6.45, 7) is 11.9. The average molecular weight is 296 g/mol. The molecule has 0 amide bonds. The molecule has 4 heteroatoms. The van der Waals surface area contributed by atoms with Gasteiger partial charge in [0.05, 0.1) is 18.0 Å². The van der Waals surface area contributed by atoms with E-state index >= 15 is 0 Å². The van der Waals surface area contributed by atoms with Crippen LogP contribution in [0.3, 0.4) is 0 Å². The van der Waals surface area contributed by atoms with Crippen LogP contribution in [0.2, 0.25) is 0 Å². The van der Waals surface area contributed by atoms with Crippen LogP contribution in [0, 0.1) is 11.7 Å². The van der Waals surface area contributed by atoms with Crippen LogP contribution in [0.1, 0.15) is 47.5 Å². The lowest BCUT2D eigenvalue weighted by Gasteiger charge is -2.35. The van der Waals surface area contributed by atoms with E-state index in [2.05, 4.69) is 32.6 Å². The molecule has 0 aliphatic rings. The van der Waals surface area contributed by atoms with E-state index in [1.165, 1.54) is 6.07 Å². The fourth-order valence-corrected chi connectivity index (χ4v) is 2.64. The van der Waals surface area contributed by atoms with Gasteiger partial charge >= 0.3 is 0 Å². The molecule has 0 unspecified atom stereocenters. The summed E-state index contributed by atoms with van der Waals surface area (Å²) in [6, 6.07) is 3.51. The summed E-state index contributed by atoms with van der Waals surface area (Å²) in [5.74, 6) is 0.388. The fraction of sp³-hybridized carbons (Fsp3) is 0.647. The summed E-state index contributed by atoms with van der Waals surface area (Å²) in [5, 5.41) is 0. The normalized spacial score (nSPS) is 11.2. The molecule has 0 saturated carbocycles. The molecule has 0 bridgehead atoms. The van der Waals surface area contributed by atoms with Crippen molar-refractivity contribution in [2.45, 2.75) is 53.5 Å². The van der Waals surface area contributed by atoms with Crippen LogP contribution in [0.5, 0.6) is 5.75 Å². The summed E-state index contributed by atoms with van der Waals surface area (Å²) in [4.78, 5) is 2.29. The molecule has 120 valence electrons. The molecule has 1 aromatic rings. The zero-order valence-electron chi connectivity index (χ0n) is 13.9. The molecule has 0 fully saturated rings. The topological polar surface area (TPSA) is 38.5 Å². The van der Waals surface area contributed by atoms with Gasteiger partial charge in [0.1, 0.15) is 0 Å². The molecule has 0 aromatic heterocycles. The highest BCUT2D eigenvalue weighted by atomic mass is 19.1. The van der Waals surface area contributed by atoms with Crippen molar-refractivity contribution in [3.8, 4) is 5.75 Å². The maximum Gasteiger partial charge on any atom is 0.167 e. The van der Waals surface area contributed by atoms with Gasteiger partial charge < -0.3 is 15.4 Å². The second kappa shape index (κ2) is 8.11. The summed E-state index contributed by atoms with van der Waals surface area (Å²) in [5.41, 5.74) is 7.43. The van der Waals surface area contributed by atoms with Gasteiger partial charge in [0.25, 0.3) is 0 Å². The number of nitrogens with two attached hydrogens (primary N) is 1. The lowest BCUT2D eigenvalue weighted by Crippen LogP contribution is -2.37. The van der Waals surface area contributed by atoms with Gasteiger partial charge in [0.15, 0.2) is 11.6 Å². The van der Waals surface area contributed by atoms with Crippen LogP contribution >= 0.6 is 0 Å². The minimum Gasteiger partial charge on any atom is -0.491 e. The van der Waals surface area contributed by atoms with Crippen molar-refractivity contribution < 1.29 is 9.13 Å². The Kier molecular flexibility index (Phi) is 6.79. The van der Waals surface area contributed by atoms with E-state index in [1.54, 1.807) is 6.07 Å². The van der Waals surface area contributed by atoms with Crippen molar-refractivity contribution in [1.29, 1.82) is 0 Å². The maximum absolute atomic E-state index is 13.9. The number of ether oxygens (including phenoxy) is 1. The average Bonchev–Trinajstić information content (AvgIpc) is 2.42. The minimum absolute atomic E-state index is 0.279. The van der Waals surface area contributed by atoms with E-state index in [0.717, 1.165) is 25.1 Å². The van der Waals surface area contributed by atoms with Crippen LogP contribution in [0.4, 0.5) is 15.8 Å². The molecule has 0 spiro atoms. The Balaban J connectivity index is 3.25. The molecule has 0 atom stereocenters. The molecule has 3 nitrogen and oxygen atoms in total. The molecule has 2 N–H and O–H groups in total. The van der Waals surface area contributed by atoms with Crippen LogP contribution in [0.15, 0.2) is 12.1 Å². The Bertz CT molecular complexity index is 445. The minimum atomic E-state index is -0.396. The second-order valence-electron chi connectivity index (χ2n) is 5.79. The molecule has 0 radical (unpaired) electrons. The van der Waals surface area contributed by atoms with E-state index in [0.29, 0.717) is 24.3 Å². The highest BCUT2D eigenvalue weighted by molar-refractivity contribution is 5.70. The van der Waals surface area contributed by atoms with Gasteiger partial charge in [-0.3, -0.25) is 0 Å². The SMILES string of the molecule is CCOc1cc(N(CC(C)C)C(CC)CC)c(N)cc1F. The fourth-order valence-electron chi connectivity index (χ4n) is 2.64. The lowest BCUT2D eigenvalue weighted by molar-refractivity contribution is 0.321. The van der Waals surface area contributed by atoms with E-state index in [1.807, 2.05) is 6.92 Å². The zero-order chi connectivity index (χ0) is 16.0. The number of hydrogen-bond donors (Lipinski definition) is 1. The molecule has 0 heterocycles. The van der Waals surface area contributed by atoms with Crippen LogP contribution in [0.25, 0.3) is 0 Å². The Morgan fingerprint density at radius 2 is 1.81 bits per heavy atom. The van der Waals surface area contributed by atoms with Crippen molar-refractivity contribution in [3.05, 3.63) is 17.9 Å². The summed E-state index contributed by atoms with van der Waals surface area (Å²) < 4.78 is 19.3. The summed E-state index contributed by atoms with van der Waals surface area (Å²) >= 11 is 0. The van der Waals surface area contributed by atoms with Crippen molar-refractivity contribution in [3.63, 3.8) is 0 Å². The van der Waals surface area contributed by atoms with E-state index in [-0.39, 0.29) is 5.75 Å². The smallest absolute Gasteiger partial charge is 0.167 e. The van der Waals surface area contributed by atoms with E-state index in [9.17, 15) is 4.39 Å². The number of anilines is 2. The number of halogens is 1. The number of hydrogen-bond acceptors (Lipinski definition) is 3. The molecule has 0 aliphatic heterocycles. The number of nitrogens with zero attached hydrogens (tertiary/aromatic N) is 1. The third-order valence-corrected chi connectivity index (χ3v) is 3.64. The third kappa shape index (κ3) is 4.51. The van der Waals surface area contributed by atoms with Gasteiger partial charge in [-0.1, -0.05) is 27.7 Å². The number of nitrogen functional groups attached to an aromatic ring is 1. The maximum atomic E-state index is 13.9. The van der Waals surface area contributed by atoms with Crippen LogP contribution in [-0.4, -0.2) is 19.2 Å². The molecule has 0 saturated heterocycles. The van der Waals surface area contributed by atoms with Crippen molar-refractivity contribution in [2.75, 3.05) is 23.8 Å². The first-order valence-electron chi connectivity index (χ1n) is 7.92. The molecular weight excluding hydrogens is 267 g/mol. The van der Waals surface area contributed by atoms with Gasteiger partial charge in [0.2, 0.25) is 0 Å².